The Balaban J connectivity index is 1.63. The Labute approximate surface area is 168 Å². The van der Waals surface area contributed by atoms with Crippen molar-refractivity contribution in [3.05, 3.63) is 71.3 Å². The lowest BCUT2D eigenvalue weighted by Crippen LogP contribution is -2.52. The lowest BCUT2D eigenvalue weighted by atomic mass is 9.98. The minimum atomic E-state index is -0.156. The topological polar surface area (TPSA) is 55.8 Å². The van der Waals surface area contributed by atoms with Gasteiger partial charge in [-0.25, -0.2) is 4.79 Å². The van der Waals surface area contributed by atoms with Gasteiger partial charge in [-0.3, -0.25) is 4.90 Å². The van der Waals surface area contributed by atoms with Crippen LogP contribution in [-0.2, 0) is 0 Å². The van der Waals surface area contributed by atoms with E-state index in [9.17, 15) is 4.79 Å². The standard InChI is InChI=1S/C23H31N3O2/c1-19-9-11-21(12-10-19)22(20-7-3-2-4-8-20)24-23(28)26-16-14-25(15-17-26)13-5-6-18-27/h2-4,7-12,22,27H,5-6,13-18H2,1H3,(H,24,28)/t22-/m0/s1. The first-order valence-corrected chi connectivity index (χ1v) is 10.2. The average molecular weight is 382 g/mol. The third-order valence-corrected chi connectivity index (χ3v) is 5.35. The Bertz CT molecular complexity index is 725. The molecule has 0 saturated carbocycles. The molecule has 5 nitrogen and oxygen atoms in total. The summed E-state index contributed by atoms with van der Waals surface area (Å²) in [5.74, 6) is 0. The van der Waals surface area contributed by atoms with E-state index in [0.29, 0.717) is 0 Å². The van der Waals surface area contributed by atoms with E-state index in [1.807, 2.05) is 23.1 Å². The maximum atomic E-state index is 13.0. The Morgan fingerprint density at radius 3 is 2.25 bits per heavy atom. The van der Waals surface area contributed by atoms with Gasteiger partial charge in [-0.2, -0.15) is 0 Å². The molecule has 28 heavy (non-hydrogen) atoms. The normalized spacial score (nSPS) is 16.0. The second-order valence-corrected chi connectivity index (χ2v) is 7.46. The molecule has 1 fully saturated rings. The summed E-state index contributed by atoms with van der Waals surface area (Å²) >= 11 is 0. The maximum Gasteiger partial charge on any atom is 0.318 e. The molecule has 1 heterocycles. The summed E-state index contributed by atoms with van der Waals surface area (Å²) in [6, 6.07) is 18.3. The molecule has 2 amide bonds. The molecule has 1 atom stereocenters. The number of hydrogen-bond donors (Lipinski definition) is 2. The Morgan fingerprint density at radius 2 is 1.61 bits per heavy atom. The van der Waals surface area contributed by atoms with E-state index in [4.69, 9.17) is 5.11 Å². The molecule has 150 valence electrons. The fourth-order valence-electron chi connectivity index (χ4n) is 3.60. The van der Waals surface area contributed by atoms with E-state index in [-0.39, 0.29) is 18.7 Å². The number of hydrogen-bond acceptors (Lipinski definition) is 3. The second kappa shape index (κ2) is 10.2. The monoisotopic (exact) mass is 381 g/mol. The van der Waals surface area contributed by atoms with Crippen LogP contribution in [0.15, 0.2) is 54.6 Å². The lowest BCUT2D eigenvalue weighted by Gasteiger charge is -2.35. The summed E-state index contributed by atoms with van der Waals surface area (Å²) in [5.41, 5.74) is 3.38. The summed E-state index contributed by atoms with van der Waals surface area (Å²) in [6.07, 6.45) is 1.85. The van der Waals surface area contributed by atoms with Gasteiger partial charge < -0.3 is 15.3 Å². The van der Waals surface area contributed by atoms with Gasteiger partial charge >= 0.3 is 6.03 Å². The molecular formula is C23H31N3O2. The number of rotatable bonds is 7. The third-order valence-electron chi connectivity index (χ3n) is 5.35. The summed E-state index contributed by atoms with van der Waals surface area (Å²) in [5, 5.41) is 12.2. The van der Waals surface area contributed by atoms with Gasteiger partial charge in [0.2, 0.25) is 0 Å². The zero-order valence-corrected chi connectivity index (χ0v) is 16.7. The highest BCUT2D eigenvalue weighted by Crippen LogP contribution is 2.23. The number of nitrogens with one attached hydrogen (secondary N) is 1. The molecule has 1 aliphatic heterocycles. The van der Waals surface area contributed by atoms with Crippen LogP contribution >= 0.6 is 0 Å². The van der Waals surface area contributed by atoms with Crippen molar-refractivity contribution in [1.29, 1.82) is 0 Å². The molecule has 2 aromatic rings. The number of nitrogens with zero attached hydrogens (tertiary/aromatic N) is 2. The number of benzene rings is 2. The SMILES string of the molecule is Cc1ccc([C@@H](NC(=O)N2CCN(CCCCO)CC2)c2ccccc2)cc1. The van der Waals surface area contributed by atoms with Gasteiger partial charge in [0.1, 0.15) is 0 Å². The van der Waals surface area contributed by atoms with Crippen molar-refractivity contribution in [3.63, 3.8) is 0 Å². The van der Waals surface area contributed by atoms with Gasteiger partial charge in [-0.15, -0.1) is 0 Å². The van der Waals surface area contributed by atoms with Gasteiger partial charge in [0.15, 0.2) is 0 Å². The van der Waals surface area contributed by atoms with Gasteiger partial charge in [0.05, 0.1) is 6.04 Å². The van der Waals surface area contributed by atoms with E-state index in [1.54, 1.807) is 0 Å². The molecule has 2 N–H and O–H groups in total. The molecule has 0 radical (unpaired) electrons. The van der Waals surface area contributed by atoms with Crippen molar-refractivity contribution in [1.82, 2.24) is 15.1 Å². The number of aryl methyl sites for hydroxylation is 1. The highest BCUT2D eigenvalue weighted by atomic mass is 16.3. The van der Waals surface area contributed by atoms with Crippen LogP contribution < -0.4 is 5.32 Å². The van der Waals surface area contributed by atoms with E-state index in [0.717, 1.165) is 56.7 Å². The summed E-state index contributed by atoms with van der Waals surface area (Å²) in [7, 11) is 0. The molecule has 0 spiro atoms. The number of urea groups is 1. The van der Waals surface area contributed by atoms with Crippen LogP contribution in [-0.4, -0.2) is 60.3 Å². The number of unbranched alkanes of at least 4 members (excludes halogenated alkanes) is 1. The van der Waals surface area contributed by atoms with Crippen molar-refractivity contribution in [2.45, 2.75) is 25.8 Å². The fraction of sp³-hybridized carbons (Fsp3) is 0.435. The second-order valence-electron chi connectivity index (χ2n) is 7.46. The van der Waals surface area contributed by atoms with Crippen LogP contribution in [0.4, 0.5) is 4.79 Å². The molecule has 1 aliphatic rings. The molecule has 0 aliphatic carbocycles. The number of amides is 2. The van der Waals surface area contributed by atoms with Crippen LogP contribution in [0.25, 0.3) is 0 Å². The van der Waals surface area contributed by atoms with Crippen molar-refractivity contribution < 1.29 is 9.90 Å². The number of carbonyl (C=O) groups is 1. The van der Waals surface area contributed by atoms with Crippen molar-refractivity contribution in [3.8, 4) is 0 Å². The molecule has 0 bridgehead atoms. The quantitative estimate of drug-likeness (QED) is 0.724. The number of carbonyl (C=O) groups excluding carboxylic acids is 1. The van der Waals surface area contributed by atoms with Crippen LogP contribution in [0.3, 0.4) is 0 Å². The summed E-state index contributed by atoms with van der Waals surface area (Å²) in [6.45, 7) is 6.56. The van der Waals surface area contributed by atoms with Crippen molar-refractivity contribution >= 4 is 6.03 Å². The first-order valence-electron chi connectivity index (χ1n) is 10.2. The molecule has 3 rings (SSSR count). The lowest BCUT2D eigenvalue weighted by molar-refractivity contribution is 0.135. The Morgan fingerprint density at radius 1 is 0.964 bits per heavy atom. The average Bonchev–Trinajstić information content (AvgIpc) is 2.74. The fourth-order valence-corrected chi connectivity index (χ4v) is 3.60. The zero-order chi connectivity index (χ0) is 19.8. The molecule has 5 heteroatoms. The van der Waals surface area contributed by atoms with Crippen LogP contribution in [0.2, 0.25) is 0 Å². The van der Waals surface area contributed by atoms with Gasteiger partial charge in [-0.05, 0) is 37.4 Å². The highest BCUT2D eigenvalue weighted by molar-refractivity contribution is 5.75. The molecule has 0 aromatic heterocycles. The largest absolute Gasteiger partial charge is 0.396 e. The minimum Gasteiger partial charge on any atom is -0.396 e. The van der Waals surface area contributed by atoms with Gasteiger partial charge in [-0.1, -0.05) is 60.2 Å². The van der Waals surface area contributed by atoms with Crippen molar-refractivity contribution in [2.24, 2.45) is 0 Å². The number of aliphatic hydroxyl groups is 1. The van der Waals surface area contributed by atoms with Crippen molar-refractivity contribution in [2.75, 3.05) is 39.3 Å². The summed E-state index contributed by atoms with van der Waals surface area (Å²) in [4.78, 5) is 17.2. The third kappa shape index (κ3) is 5.57. The van der Waals surface area contributed by atoms with Crippen LogP contribution in [0, 0.1) is 6.92 Å². The van der Waals surface area contributed by atoms with Gasteiger partial charge in [0.25, 0.3) is 0 Å². The first-order chi connectivity index (χ1) is 13.7. The van der Waals surface area contributed by atoms with Crippen LogP contribution in [0.1, 0.15) is 35.6 Å². The van der Waals surface area contributed by atoms with E-state index < -0.39 is 0 Å². The molecule has 1 saturated heterocycles. The Kier molecular flexibility index (Phi) is 7.46. The van der Waals surface area contributed by atoms with E-state index >= 15 is 0 Å². The molecule has 2 aromatic carbocycles. The number of piperazine rings is 1. The first kappa shape index (κ1) is 20.4. The van der Waals surface area contributed by atoms with E-state index in [1.165, 1.54) is 5.56 Å². The molecular weight excluding hydrogens is 350 g/mol. The summed E-state index contributed by atoms with van der Waals surface area (Å²) < 4.78 is 0. The Hall–Kier alpha value is -2.37. The number of aliphatic hydroxyl groups excluding tert-OH is 1. The highest BCUT2D eigenvalue weighted by Gasteiger charge is 2.24. The zero-order valence-electron chi connectivity index (χ0n) is 16.7. The minimum absolute atomic E-state index is 0.00978. The van der Waals surface area contributed by atoms with Crippen LogP contribution in [0.5, 0.6) is 0 Å². The predicted molar refractivity (Wildman–Crippen MR) is 112 cm³/mol. The smallest absolute Gasteiger partial charge is 0.318 e. The van der Waals surface area contributed by atoms with E-state index in [2.05, 4.69) is 53.5 Å². The maximum absolute atomic E-state index is 13.0. The molecule has 0 unspecified atom stereocenters. The predicted octanol–water partition coefficient (Wildman–Crippen LogP) is 3.18. The van der Waals surface area contributed by atoms with Gasteiger partial charge in [0, 0.05) is 32.8 Å².